The number of nitrogens with two attached hydrogens (primary N) is 1. The Morgan fingerprint density at radius 1 is 1.41 bits per heavy atom. The highest BCUT2D eigenvalue weighted by molar-refractivity contribution is 9.10. The van der Waals surface area contributed by atoms with E-state index in [4.69, 9.17) is 5.73 Å². The van der Waals surface area contributed by atoms with Gasteiger partial charge in [0.15, 0.2) is 0 Å². The van der Waals surface area contributed by atoms with Crippen molar-refractivity contribution < 1.29 is 0 Å². The topological polar surface area (TPSA) is 55.4 Å². The molecule has 1 aliphatic heterocycles. The summed E-state index contributed by atoms with van der Waals surface area (Å²) in [5.74, 6) is 1.65. The minimum Gasteiger partial charge on any atom is -0.397 e. The summed E-state index contributed by atoms with van der Waals surface area (Å²) in [7, 11) is 0. The number of nitrogens with one attached hydrogen (secondary N) is 1. The molecular weight excluding hydrogens is 280 g/mol. The average molecular weight is 295 g/mol. The van der Waals surface area contributed by atoms with Crippen LogP contribution in [0.1, 0.15) is 24.6 Å². The number of fused-ring (bicyclic) bond motifs is 1. The van der Waals surface area contributed by atoms with Gasteiger partial charge in [-0.2, -0.15) is 0 Å². The molecule has 17 heavy (non-hydrogen) atoms. The minimum absolute atomic E-state index is 0.525. The fourth-order valence-corrected chi connectivity index (χ4v) is 3.11. The van der Waals surface area contributed by atoms with E-state index in [-0.39, 0.29) is 0 Å². The summed E-state index contributed by atoms with van der Waals surface area (Å²) >= 11 is 3.51. The number of aromatic nitrogens is 2. The van der Waals surface area contributed by atoms with E-state index in [0.29, 0.717) is 5.92 Å². The third kappa shape index (κ3) is 1.83. The summed E-state index contributed by atoms with van der Waals surface area (Å²) in [6.45, 7) is 2.14. The number of piperidine rings is 1. The molecule has 90 valence electrons. The Bertz CT molecular complexity index is 543. The fraction of sp³-hybridized carbons (Fsp3) is 0.417. The molecule has 2 aromatic rings. The quantitative estimate of drug-likeness (QED) is 0.847. The first-order valence-corrected chi connectivity index (χ1v) is 6.69. The van der Waals surface area contributed by atoms with E-state index < -0.39 is 0 Å². The van der Waals surface area contributed by atoms with Crippen LogP contribution in [0.2, 0.25) is 0 Å². The lowest BCUT2D eigenvalue weighted by atomic mass is 9.97. The number of halogens is 1. The summed E-state index contributed by atoms with van der Waals surface area (Å²) in [6, 6.07) is 3.88. The Balaban J connectivity index is 2.13. The van der Waals surface area contributed by atoms with Gasteiger partial charge in [0.1, 0.15) is 15.9 Å². The van der Waals surface area contributed by atoms with E-state index in [1.807, 2.05) is 18.3 Å². The van der Waals surface area contributed by atoms with Gasteiger partial charge in [0.25, 0.3) is 0 Å². The highest BCUT2D eigenvalue weighted by atomic mass is 79.9. The maximum absolute atomic E-state index is 6.00. The third-order valence-electron chi connectivity index (χ3n) is 3.38. The van der Waals surface area contributed by atoms with Crippen LogP contribution < -0.4 is 11.1 Å². The fourth-order valence-electron chi connectivity index (χ4n) is 2.51. The minimum atomic E-state index is 0.525. The number of nitrogens with zero attached hydrogens (tertiary/aromatic N) is 2. The van der Waals surface area contributed by atoms with E-state index in [0.717, 1.165) is 47.6 Å². The van der Waals surface area contributed by atoms with Gasteiger partial charge in [0.2, 0.25) is 0 Å². The van der Waals surface area contributed by atoms with Crippen molar-refractivity contribution in [1.82, 2.24) is 14.7 Å². The SMILES string of the molecule is Nc1cccn2c(C3CCNCC3)nc(Br)c12. The van der Waals surface area contributed by atoms with E-state index in [9.17, 15) is 0 Å². The van der Waals surface area contributed by atoms with Crippen LogP contribution in [0.25, 0.3) is 5.52 Å². The van der Waals surface area contributed by atoms with Crippen LogP contribution in [-0.2, 0) is 0 Å². The predicted octanol–water partition coefficient (Wildman–Crippen LogP) is 2.15. The molecule has 5 heteroatoms. The van der Waals surface area contributed by atoms with Gasteiger partial charge in [-0.3, -0.25) is 0 Å². The molecule has 0 spiro atoms. The molecule has 1 aliphatic rings. The van der Waals surface area contributed by atoms with Crippen molar-refractivity contribution in [2.45, 2.75) is 18.8 Å². The smallest absolute Gasteiger partial charge is 0.134 e. The summed E-state index contributed by atoms with van der Waals surface area (Å²) in [5.41, 5.74) is 7.75. The number of imidazole rings is 1. The molecule has 0 radical (unpaired) electrons. The van der Waals surface area contributed by atoms with Crippen LogP contribution in [0.15, 0.2) is 22.9 Å². The molecule has 3 rings (SSSR count). The van der Waals surface area contributed by atoms with Crippen LogP contribution in [-0.4, -0.2) is 22.5 Å². The Kier molecular flexibility index (Phi) is 2.80. The molecule has 0 aliphatic carbocycles. The third-order valence-corrected chi connectivity index (χ3v) is 3.94. The number of rotatable bonds is 1. The zero-order valence-corrected chi connectivity index (χ0v) is 11.1. The number of hydrogen-bond acceptors (Lipinski definition) is 3. The van der Waals surface area contributed by atoms with Gasteiger partial charge >= 0.3 is 0 Å². The first-order valence-electron chi connectivity index (χ1n) is 5.90. The van der Waals surface area contributed by atoms with Gasteiger partial charge in [0.05, 0.1) is 5.69 Å². The van der Waals surface area contributed by atoms with Crippen molar-refractivity contribution in [3.8, 4) is 0 Å². The Morgan fingerprint density at radius 3 is 2.94 bits per heavy atom. The summed E-state index contributed by atoms with van der Waals surface area (Å²) in [5, 5.41) is 3.38. The van der Waals surface area contributed by atoms with Crippen LogP contribution in [0.3, 0.4) is 0 Å². The van der Waals surface area contributed by atoms with Gasteiger partial charge in [-0.1, -0.05) is 0 Å². The lowest BCUT2D eigenvalue weighted by Gasteiger charge is -2.21. The molecule has 2 aromatic heterocycles. The molecule has 0 aromatic carbocycles. The second-order valence-electron chi connectivity index (χ2n) is 4.47. The number of nitrogen functional groups attached to an aromatic ring is 1. The molecule has 1 fully saturated rings. The van der Waals surface area contributed by atoms with Crippen LogP contribution in [0.5, 0.6) is 0 Å². The van der Waals surface area contributed by atoms with Crippen molar-refractivity contribution in [3.05, 3.63) is 28.8 Å². The molecule has 3 N–H and O–H groups in total. The number of pyridine rings is 1. The zero-order valence-electron chi connectivity index (χ0n) is 9.49. The van der Waals surface area contributed by atoms with Gasteiger partial charge in [0, 0.05) is 12.1 Å². The van der Waals surface area contributed by atoms with Gasteiger partial charge in [-0.05, 0) is 54.0 Å². The maximum Gasteiger partial charge on any atom is 0.134 e. The highest BCUT2D eigenvalue weighted by Crippen LogP contribution is 2.31. The molecule has 0 atom stereocenters. The molecule has 3 heterocycles. The lowest BCUT2D eigenvalue weighted by Crippen LogP contribution is -2.27. The van der Waals surface area contributed by atoms with Crippen molar-refractivity contribution in [3.63, 3.8) is 0 Å². The van der Waals surface area contributed by atoms with Crippen LogP contribution >= 0.6 is 15.9 Å². The van der Waals surface area contributed by atoms with E-state index in [1.54, 1.807) is 0 Å². The molecule has 0 amide bonds. The van der Waals surface area contributed by atoms with Gasteiger partial charge in [-0.25, -0.2) is 4.98 Å². The second kappa shape index (κ2) is 4.31. The second-order valence-corrected chi connectivity index (χ2v) is 5.22. The molecule has 0 unspecified atom stereocenters. The summed E-state index contributed by atoms with van der Waals surface area (Å²) < 4.78 is 2.97. The average Bonchev–Trinajstić information content (AvgIpc) is 2.69. The van der Waals surface area contributed by atoms with Crippen LogP contribution in [0, 0.1) is 0 Å². The van der Waals surface area contributed by atoms with Gasteiger partial charge < -0.3 is 15.5 Å². The van der Waals surface area contributed by atoms with E-state index in [2.05, 4.69) is 30.6 Å². The molecule has 0 saturated carbocycles. The maximum atomic E-state index is 6.00. The van der Waals surface area contributed by atoms with Crippen molar-refractivity contribution >= 4 is 27.1 Å². The molecule has 4 nitrogen and oxygen atoms in total. The van der Waals surface area contributed by atoms with Crippen molar-refractivity contribution in [1.29, 1.82) is 0 Å². The predicted molar refractivity (Wildman–Crippen MR) is 72.1 cm³/mol. The zero-order chi connectivity index (χ0) is 11.8. The first-order chi connectivity index (χ1) is 8.27. The normalized spacial score (nSPS) is 17.7. The van der Waals surface area contributed by atoms with Crippen LogP contribution in [0.4, 0.5) is 5.69 Å². The van der Waals surface area contributed by atoms with E-state index in [1.165, 1.54) is 0 Å². The monoisotopic (exact) mass is 294 g/mol. The number of anilines is 1. The lowest BCUT2D eigenvalue weighted by molar-refractivity contribution is 0.444. The van der Waals surface area contributed by atoms with Gasteiger partial charge in [-0.15, -0.1) is 0 Å². The number of hydrogen-bond donors (Lipinski definition) is 2. The Hall–Kier alpha value is -1.07. The largest absolute Gasteiger partial charge is 0.397 e. The Morgan fingerprint density at radius 2 is 2.18 bits per heavy atom. The molecule has 0 bridgehead atoms. The van der Waals surface area contributed by atoms with Crippen molar-refractivity contribution in [2.24, 2.45) is 0 Å². The molecular formula is C12H15BrN4. The Labute approximate surface area is 108 Å². The standard InChI is InChI=1S/C12H15BrN4/c13-11-10-9(14)2-1-7-17(10)12(16-11)8-3-5-15-6-4-8/h1-2,7-8,15H,3-6,14H2. The summed E-state index contributed by atoms with van der Waals surface area (Å²) in [6.07, 6.45) is 4.32. The highest BCUT2D eigenvalue weighted by Gasteiger charge is 2.21. The molecule has 1 saturated heterocycles. The summed E-state index contributed by atoms with van der Waals surface area (Å²) in [4.78, 5) is 4.65. The van der Waals surface area contributed by atoms with E-state index >= 15 is 0 Å². The first kappa shape index (κ1) is 11.0. The van der Waals surface area contributed by atoms with Crippen molar-refractivity contribution in [2.75, 3.05) is 18.8 Å².